The molecule has 0 saturated carbocycles. The van der Waals surface area contributed by atoms with E-state index in [-0.39, 0.29) is 11.1 Å². The van der Waals surface area contributed by atoms with Crippen molar-refractivity contribution in [3.63, 3.8) is 0 Å². The van der Waals surface area contributed by atoms with Gasteiger partial charge in [-0.2, -0.15) is 17.6 Å². The zero-order valence-electron chi connectivity index (χ0n) is 12.1. The van der Waals surface area contributed by atoms with E-state index in [4.69, 9.17) is 5.73 Å². The maximum absolute atomic E-state index is 12.9. The summed E-state index contributed by atoms with van der Waals surface area (Å²) in [5.74, 6) is -1.63. The zero-order valence-corrected chi connectivity index (χ0v) is 12.1. The van der Waals surface area contributed by atoms with E-state index in [1.165, 1.54) is 12.1 Å². The second-order valence-electron chi connectivity index (χ2n) is 4.93. The first-order valence-corrected chi connectivity index (χ1v) is 6.71. The Morgan fingerprint density at radius 3 is 1.96 bits per heavy atom. The fourth-order valence-corrected chi connectivity index (χ4v) is 2.10. The number of hydrogen-bond donors (Lipinski definition) is 2. The first-order chi connectivity index (χ1) is 11.2. The number of rotatable bonds is 6. The standard InChI is InChI=1S/C16H13F4NO3/c17-13(18)16(19,20)24-12-8-6-11(7-9-12)15(23,14(21)22)10-4-2-1-3-5-10/h1-9,13,23H,(H2,21,22). The Morgan fingerprint density at radius 2 is 1.50 bits per heavy atom. The first kappa shape index (κ1) is 17.7. The van der Waals surface area contributed by atoms with E-state index < -0.39 is 29.8 Å². The molecule has 1 unspecified atom stereocenters. The minimum atomic E-state index is -4.65. The van der Waals surface area contributed by atoms with Crippen molar-refractivity contribution in [1.82, 2.24) is 0 Å². The molecule has 0 heterocycles. The maximum Gasteiger partial charge on any atom is 0.461 e. The van der Waals surface area contributed by atoms with Gasteiger partial charge in [-0.1, -0.05) is 42.5 Å². The molecule has 3 N–H and O–H groups in total. The normalized spacial score (nSPS) is 14.2. The minimum absolute atomic E-state index is 0.0195. The van der Waals surface area contributed by atoms with E-state index >= 15 is 0 Å². The Kier molecular flexibility index (Phi) is 4.79. The minimum Gasteiger partial charge on any atom is -0.428 e. The average molecular weight is 343 g/mol. The summed E-state index contributed by atoms with van der Waals surface area (Å²) < 4.78 is 53.9. The molecule has 0 saturated heterocycles. The van der Waals surface area contributed by atoms with Gasteiger partial charge < -0.3 is 15.6 Å². The molecule has 4 nitrogen and oxygen atoms in total. The van der Waals surface area contributed by atoms with Crippen LogP contribution in [-0.2, 0) is 10.4 Å². The third-order valence-corrected chi connectivity index (χ3v) is 3.33. The number of halogens is 4. The van der Waals surface area contributed by atoms with Gasteiger partial charge in [0, 0.05) is 0 Å². The number of carbonyl (C=O) groups excluding carboxylic acids is 1. The Balaban J connectivity index is 2.36. The molecule has 24 heavy (non-hydrogen) atoms. The van der Waals surface area contributed by atoms with Gasteiger partial charge in [-0.15, -0.1) is 0 Å². The third-order valence-electron chi connectivity index (χ3n) is 3.33. The van der Waals surface area contributed by atoms with Crippen LogP contribution in [-0.4, -0.2) is 23.5 Å². The first-order valence-electron chi connectivity index (χ1n) is 6.71. The van der Waals surface area contributed by atoms with Crippen LogP contribution < -0.4 is 10.5 Å². The van der Waals surface area contributed by atoms with Crippen LogP contribution in [0.25, 0.3) is 0 Å². The number of ether oxygens (including phenoxy) is 1. The van der Waals surface area contributed by atoms with Gasteiger partial charge in [0.15, 0.2) is 5.60 Å². The van der Waals surface area contributed by atoms with Gasteiger partial charge in [0.05, 0.1) is 0 Å². The lowest BCUT2D eigenvalue weighted by Crippen LogP contribution is -2.42. The highest BCUT2D eigenvalue weighted by molar-refractivity contribution is 5.88. The van der Waals surface area contributed by atoms with Crippen LogP contribution in [0.2, 0.25) is 0 Å². The van der Waals surface area contributed by atoms with E-state index in [1.54, 1.807) is 18.2 Å². The van der Waals surface area contributed by atoms with E-state index in [1.807, 2.05) is 0 Å². The topological polar surface area (TPSA) is 72.6 Å². The molecular weight excluding hydrogens is 330 g/mol. The molecule has 0 aliphatic heterocycles. The Morgan fingerprint density at radius 1 is 1.00 bits per heavy atom. The number of hydrogen-bond acceptors (Lipinski definition) is 3. The van der Waals surface area contributed by atoms with Crippen molar-refractivity contribution in [3.8, 4) is 5.75 Å². The highest BCUT2D eigenvalue weighted by Crippen LogP contribution is 2.32. The monoisotopic (exact) mass is 343 g/mol. The van der Waals surface area contributed by atoms with E-state index in [0.29, 0.717) is 0 Å². The summed E-state index contributed by atoms with van der Waals surface area (Å²) in [5.41, 5.74) is 3.22. The van der Waals surface area contributed by atoms with E-state index in [0.717, 1.165) is 24.3 Å². The fraction of sp³-hybridized carbons (Fsp3) is 0.188. The number of alkyl halides is 4. The van der Waals surface area contributed by atoms with Gasteiger partial charge >= 0.3 is 12.5 Å². The summed E-state index contributed by atoms with van der Waals surface area (Å²) in [6.07, 6.45) is -8.65. The summed E-state index contributed by atoms with van der Waals surface area (Å²) in [4.78, 5) is 11.7. The summed E-state index contributed by atoms with van der Waals surface area (Å²) in [5, 5.41) is 10.7. The molecule has 0 radical (unpaired) electrons. The molecule has 2 aromatic carbocycles. The molecule has 0 spiro atoms. The Bertz CT molecular complexity index is 707. The highest BCUT2D eigenvalue weighted by atomic mass is 19.3. The molecule has 0 aromatic heterocycles. The molecule has 8 heteroatoms. The van der Waals surface area contributed by atoms with Crippen LogP contribution in [0.5, 0.6) is 5.75 Å². The molecular formula is C16H13F4NO3. The zero-order chi connectivity index (χ0) is 18.0. The summed E-state index contributed by atoms with van der Waals surface area (Å²) >= 11 is 0. The Hall–Kier alpha value is -2.61. The second-order valence-corrected chi connectivity index (χ2v) is 4.93. The molecule has 2 rings (SSSR count). The quantitative estimate of drug-likeness (QED) is 0.792. The average Bonchev–Trinajstić information content (AvgIpc) is 2.55. The lowest BCUT2D eigenvalue weighted by atomic mass is 9.86. The van der Waals surface area contributed by atoms with Gasteiger partial charge in [-0.05, 0) is 23.3 Å². The summed E-state index contributed by atoms with van der Waals surface area (Å²) in [6, 6.07) is 11.8. The van der Waals surface area contributed by atoms with Crippen molar-refractivity contribution in [3.05, 3.63) is 65.7 Å². The van der Waals surface area contributed by atoms with Crippen molar-refractivity contribution in [2.24, 2.45) is 5.73 Å². The molecule has 0 fully saturated rings. The summed E-state index contributed by atoms with van der Waals surface area (Å²) in [6.45, 7) is 0. The van der Waals surface area contributed by atoms with Crippen LogP contribution in [0.4, 0.5) is 17.6 Å². The van der Waals surface area contributed by atoms with Crippen LogP contribution >= 0.6 is 0 Å². The van der Waals surface area contributed by atoms with Crippen molar-refractivity contribution >= 4 is 5.91 Å². The molecule has 0 bridgehead atoms. The predicted molar refractivity (Wildman–Crippen MR) is 76.7 cm³/mol. The van der Waals surface area contributed by atoms with Gasteiger partial charge in [0.1, 0.15) is 5.75 Å². The number of primary amides is 1. The van der Waals surface area contributed by atoms with Gasteiger partial charge in [0.2, 0.25) is 0 Å². The van der Waals surface area contributed by atoms with Crippen molar-refractivity contribution < 1.29 is 32.2 Å². The van der Waals surface area contributed by atoms with Gasteiger partial charge in [-0.25, -0.2) is 0 Å². The van der Waals surface area contributed by atoms with Gasteiger partial charge in [0.25, 0.3) is 5.91 Å². The summed E-state index contributed by atoms with van der Waals surface area (Å²) in [7, 11) is 0. The van der Waals surface area contributed by atoms with Crippen LogP contribution in [0.3, 0.4) is 0 Å². The van der Waals surface area contributed by atoms with Crippen molar-refractivity contribution in [1.29, 1.82) is 0 Å². The number of amides is 1. The largest absolute Gasteiger partial charge is 0.461 e. The SMILES string of the molecule is NC(=O)C(O)(c1ccccc1)c1ccc(OC(F)(F)C(F)F)cc1. The Labute approximate surface area is 134 Å². The lowest BCUT2D eigenvalue weighted by molar-refractivity contribution is -0.253. The number of benzene rings is 2. The van der Waals surface area contributed by atoms with Gasteiger partial charge in [-0.3, -0.25) is 4.79 Å². The number of carbonyl (C=O) groups is 1. The predicted octanol–water partition coefficient (Wildman–Crippen LogP) is 2.64. The van der Waals surface area contributed by atoms with Crippen molar-refractivity contribution in [2.45, 2.75) is 18.1 Å². The second kappa shape index (κ2) is 6.48. The smallest absolute Gasteiger partial charge is 0.428 e. The molecule has 1 atom stereocenters. The molecule has 0 aliphatic rings. The molecule has 128 valence electrons. The highest BCUT2D eigenvalue weighted by Gasteiger charge is 2.44. The van der Waals surface area contributed by atoms with Crippen molar-refractivity contribution in [2.75, 3.05) is 0 Å². The van der Waals surface area contributed by atoms with Crippen LogP contribution in [0, 0.1) is 0 Å². The lowest BCUT2D eigenvalue weighted by Gasteiger charge is -2.26. The molecule has 2 aromatic rings. The maximum atomic E-state index is 12.9. The third kappa shape index (κ3) is 3.33. The number of aliphatic hydroxyl groups is 1. The van der Waals surface area contributed by atoms with Crippen LogP contribution in [0.1, 0.15) is 11.1 Å². The van der Waals surface area contributed by atoms with Crippen LogP contribution in [0.15, 0.2) is 54.6 Å². The fourth-order valence-electron chi connectivity index (χ4n) is 2.10. The number of nitrogens with two attached hydrogens (primary N) is 1. The van der Waals surface area contributed by atoms with E-state index in [2.05, 4.69) is 4.74 Å². The molecule has 0 aliphatic carbocycles. The van der Waals surface area contributed by atoms with E-state index in [9.17, 15) is 27.5 Å². The molecule has 1 amide bonds.